The lowest BCUT2D eigenvalue weighted by atomic mass is 9.92. The Balaban J connectivity index is 1.30. The molecular formula is C26H42N8O2. The molecule has 3 fully saturated rings. The fourth-order valence-electron chi connectivity index (χ4n) is 5.77. The van der Waals surface area contributed by atoms with Gasteiger partial charge in [0.15, 0.2) is 17.0 Å². The average molecular weight is 499 g/mol. The van der Waals surface area contributed by atoms with Crippen LogP contribution >= 0.6 is 0 Å². The van der Waals surface area contributed by atoms with E-state index < -0.39 is 0 Å². The van der Waals surface area contributed by atoms with Gasteiger partial charge in [-0.2, -0.15) is 9.97 Å². The highest BCUT2D eigenvalue weighted by Crippen LogP contribution is 2.34. The Bertz CT molecular complexity index is 1000. The number of likely N-dealkylation sites (tertiary alicyclic amines) is 1. The van der Waals surface area contributed by atoms with Crippen LogP contribution in [0, 0.1) is 0 Å². The van der Waals surface area contributed by atoms with Gasteiger partial charge in [-0.05, 0) is 57.8 Å². The van der Waals surface area contributed by atoms with E-state index in [1.807, 2.05) is 11.2 Å². The molecule has 0 unspecified atom stereocenters. The number of amides is 1. The van der Waals surface area contributed by atoms with Crippen molar-refractivity contribution in [1.82, 2.24) is 24.4 Å². The summed E-state index contributed by atoms with van der Waals surface area (Å²) in [5, 5.41) is 7.26. The number of hydrogen-bond donors (Lipinski definition) is 3. The third-order valence-corrected chi connectivity index (χ3v) is 8.06. The van der Waals surface area contributed by atoms with Crippen molar-refractivity contribution in [2.45, 2.75) is 108 Å². The first-order valence-corrected chi connectivity index (χ1v) is 14.1. The molecule has 36 heavy (non-hydrogen) atoms. The lowest BCUT2D eigenvalue weighted by molar-refractivity contribution is 0.0928. The number of ether oxygens (including phenoxy) is 1. The van der Waals surface area contributed by atoms with E-state index in [9.17, 15) is 4.79 Å². The van der Waals surface area contributed by atoms with Crippen LogP contribution in [0.1, 0.15) is 90.0 Å². The minimum Gasteiger partial charge on any atom is -0.449 e. The Kier molecular flexibility index (Phi) is 8.09. The number of rotatable bonds is 8. The first-order chi connectivity index (χ1) is 17.6. The summed E-state index contributed by atoms with van der Waals surface area (Å²) in [6.07, 6.45) is 14.4. The van der Waals surface area contributed by atoms with Gasteiger partial charge in [0.05, 0.1) is 12.9 Å². The second kappa shape index (κ2) is 11.6. The first-order valence-electron chi connectivity index (χ1n) is 14.1. The molecule has 0 bridgehead atoms. The highest BCUT2D eigenvalue weighted by molar-refractivity contribution is 5.84. The van der Waals surface area contributed by atoms with Gasteiger partial charge in [0.25, 0.3) is 0 Å². The Labute approximate surface area is 213 Å². The standard InChI is InChI=1S/C26H42N8O2/c1-2-3-16-36-26(35)33-14-12-20(13-15-33)29-23-22-24(34(17-28-22)21-6-4-5-7-21)32-25(31-23)30-19-10-8-18(27)9-11-19/h17-21H,2-16,27H2,1H3,(H2,29,30,31,32). The van der Waals surface area contributed by atoms with E-state index in [1.165, 1.54) is 25.7 Å². The minimum absolute atomic E-state index is 0.194. The maximum atomic E-state index is 12.3. The number of piperidine rings is 1. The summed E-state index contributed by atoms with van der Waals surface area (Å²) in [4.78, 5) is 28.8. The van der Waals surface area contributed by atoms with Crippen LogP contribution < -0.4 is 16.4 Å². The second-order valence-corrected chi connectivity index (χ2v) is 10.8. The number of unbranched alkanes of at least 4 members (excludes halogenated alkanes) is 1. The normalized spacial score (nSPS) is 23.8. The smallest absolute Gasteiger partial charge is 0.409 e. The van der Waals surface area contributed by atoms with Gasteiger partial charge in [0.1, 0.15) is 0 Å². The van der Waals surface area contributed by atoms with Crippen molar-refractivity contribution in [2.75, 3.05) is 30.3 Å². The number of imidazole rings is 1. The summed E-state index contributed by atoms with van der Waals surface area (Å²) in [5.41, 5.74) is 7.86. The number of nitrogens with two attached hydrogens (primary N) is 1. The van der Waals surface area contributed by atoms with Crippen LogP contribution in [0.5, 0.6) is 0 Å². The van der Waals surface area contributed by atoms with E-state index in [0.29, 0.717) is 43.8 Å². The lowest BCUT2D eigenvalue weighted by Crippen LogP contribution is -2.42. The van der Waals surface area contributed by atoms with E-state index in [1.54, 1.807) is 0 Å². The number of hydrogen-bond acceptors (Lipinski definition) is 8. The zero-order chi connectivity index (χ0) is 24.9. The molecule has 0 radical (unpaired) electrons. The number of nitrogens with one attached hydrogen (secondary N) is 2. The molecule has 0 spiro atoms. The predicted octanol–water partition coefficient (Wildman–Crippen LogP) is 4.44. The molecule has 2 aromatic rings. The van der Waals surface area contributed by atoms with Crippen molar-refractivity contribution >= 4 is 29.0 Å². The summed E-state index contributed by atoms with van der Waals surface area (Å²) in [5.74, 6) is 1.46. The predicted molar refractivity (Wildman–Crippen MR) is 141 cm³/mol. The van der Waals surface area contributed by atoms with Gasteiger partial charge in [-0.15, -0.1) is 0 Å². The first kappa shape index (κ1) is 25.0. The third-order valence-electron chi connectivity index (χ3n) is 8.06. The van der Waals surface area contributed by atoms with Gasteiger partial charge in [-0.25, -0.2) is 9.78 Å². The topological polar surface area (TPSA) is 123 Å². The highest BCUT2D eigenvalue weighted by atomic mass is 16.6. The fraction of sp³-hybridized carbons (Fsp3) is 0.769. The van der Waals surface area contributed by atoms with Gasteiger partial charge in [-0.3, -0.25) is 0 Å². The van der Waals surface area contributed by atoms with E-state index in [-0.39, 0.29) is 12.1 Å². The van der Waals surface area contributed by atoms with Gasteiger partial charge in [-0.1, -0.05) is 26.2 Å². The molecule has 2 aliphatic carbocycles. The number of anilines is 2. The van der Waals surface area contributed by atoms with Crippen LogP contribution in [-0.4, -0.2) is 68.3 Å². The summed E-state index contributed by atoms with van der Waals surface area (Å²) >= 11 is 0. The molecule has 1 amide bonds. The van der Waals surface area contributed by atoms with E-state index >= 15 is 0 Å². The van der Waals surface area contributed by atoms with Crippen LogP contribution in [0.15, 0.2) is 6.33 Å². The molecule has 5 rings (SSSR count). The van der Waals surface area contributed by atoms with E-state index in [4.69, 9.17) is 25.4 Å². The minimum atomic E-state index is -0.194. The van der Waals surface area contributed by atoms with Crippen LogP contribution in [0.4, 0.5) is 16.6 Å². The highest BCUT2D eigenvalue weighted by Gasteiger charge is 2.27. The molecule has 3 heterocycles. The van der Waals surface area contributed by atoms with Crippen LogP contribution in [0.25, 0.3) is 11.2 Å². The second-order valence-electron chi connectivity index (χ2n) is 10.8. The molecule has 10 nitrogen and oxygen atoms in total. The van der Waals surface area contributed by atoms with Crippen molar-refractivity contribution in [1.29, 1.82) is 0 Å². The van der Waals surface area contributed by atoms with Crippen LogP contribution in [0.2, 0.25) is 0 Å². The van der Waals surface area contributed by atoms with Crippen molar-refractivity contribution in [3.05, 3.63) is 6.33 Å². The van der Waals surface area contributed by atoms with Gasteiger partial charge >= 0.3 is 6.09 Å². The Hall–Kier alpha value is -2.62. The third kappa shape index (κ3) is 5.85. The molecule has 2 aromatic heterocycles. The number of nitrogens with zero attached hydrogens (tertiary/aromatic N) is 5. The summed E-state index contributed by atoms with van der Waals surface area (Å²) in [6, 6.07) is 1.34. The Morgan fingerprint density at radius 3 is 2.47 bits per heavy atom. The lowest BCUT2D eigenvalue weighted by Gasteiger charge is -2.32. The van der Waals surface area contributed by atoms with E-state index in [0.717, 1.165) is 68.3 Å². The van der Waals surface area contributed by atoms with Gasteiger partial charge in [0.2, 0.25) is 5.95 Å². The van der Waals surface area contributed by atoms with E-state index in [2.05, 4.69) is 22.1 Å². The quantitative estimate of drug-likeness (QED) is 0.457. The summed E-state index contributed by atoms with van der Waals surface area (Å²) < 4.78 is 7.65. The number of carbonyl (C=O) groups excluding carboxylic acids is 1. The molecule has 1 saturated heterocycles. The monoisotopic (exact) mass is 498 g/mol. The van der Waals surface area contributed by atoms with Crippen molar-refractivity contribution in [3.63, 3.8) is 0 Å². The van der Waals surface area contributed by atoms with Crippen molar-refractivity contribution in [3.8, 4) is 0 Å². The largest absolute Gasteiger partial charge is 0.449 e. The van der Waals surface area contributed by atoms with Crippen molar-refractivity contribution < 1.29 is 9.53 Å². The molecule has 3 aliphatic rings. The SMILES string of the molecule is CCCCOC(=O)N1CCC(Nc2nc(NC3CCC(N)CC3)nc3c2ncn3C2CCCC2)CC1. The average Bonchev–Trinajstić information content (AvgIpc) is 3.56. The van der Waals surface area contributed by atoms with Crippen molar-refractivity contribution in [2.24, 2.45) is 5.73 Å². The molecular weight excluding hydrogens is 456 g/mol. The fourth-order valence-corrected chi connectivity index (χ4v) is 5.77. The Morgan fingerprint density at radius 1 is 1.03 bits per heavy atom. The molecule has 198 valence electrons. The maximum Gasteiger partial charge on any atom is 0.409 e. The molecule has 0 aromatic carbocycles. The summed E-state index contributed by atoms with van der Waals surface area (Å²) in [6.45, 7) is 3.96. The van der Waals surface area contributed by atoms with Crippen LogP contribution in [-0.2, 0) is 4.74 Å². The van der Waals surface area contributed by atoms with Crippen LogP contribution in [0.3, 0.4) is 0 Å². The molecule has 2 saturated carbocycles. The number of aromatic nitrogens is 4. The Morgan fingerprint density at radius 2 is 1.75 bits per heavy atom. The summed E-state index contributed by atoms with van der Waals surface area (Å²) in [7, 11) is 0. The van der Waals surface area contributed by atoms with Gasteiger partial charge in [0, 0.05) is 37.3 Å². The van der Waals surface area contributed by atoms with Gasteiger partial charge < -0.3 is 30.6 Å². The zero-order valence-corrected chi connectivity index (χ0v) is 21.6. The zero-order valence-electron chi connectivity index (χ0n) is 21.6. The molecule has 4 N–H and O–H groups in total. The number of carbonyl (C=O) groups is 1. The molecule has 0 atom stereocenters. The number of fused-ring (bicyclic) bond motifs is 1. The maximum absolute atomic E-state index is 12.3. The molecule has 1 aliphatic heterocycles. The molecule has 10 heteroatoms.